The smallest absolute Gasteiger partial charge is 0.226 e. The Kier molecular flexibility index (Phi) is 7.29. The highest BCUT2D eigenvalue weighted by Gasteiger charge is 2.12. The van der Waals surface area contributed by atoms with Gasteiger partial charge in [0.15, 0.2) is 0 Å². The van der Waals surface area contributed by atoms with E-state index in [0.29, 0.717) is 30.2 Å². The van der Waals surface area contributed by atoms with Crippen molar-refractivity contribution in [3.63, 3.8) is 0 Å². The molecule has 2 aromatic carbocycles. The van der Waals surface area contributed by atoms with Crippen LogP contribution in [0.3, 0.4) is 0 Å². The molecule has 6 heteroatoms. The SMILES string of the molecule is COc1ccc(CNC(C)CC(=O)Nc2cc(OC)ccc2OC)cc1. The summed E-state index contributed by atoms with van der Waals surface area (Å²) in [5.41, 5.74) is 1.73. The maximum atomic E-state index is 12.3. The van der Waals surface area contributed by atoms with Gasteiger partial charge in [-0.05, 0) is 36.8 Å². The molecule has 0 bridgehead atoms. The Balaban J connectivity index is 1.86. The predicted molar refractivity (Wildman–Crippen MR) is 102 cm³/mol. The number of nitrogens with one attached hydrogen (secondary N) is 2. The number of carbonyl (C=O) groups excluding carboxylic acids is 1. The van der Waals surface area contributed by atoms with Gasteiger partial charge in [-0.25, -0.2) is 0 Å². The number of carbonyl (C=O) groups is 1. The molecule has 140 valence electrons. The Bertz CT molecular complexity index is 716. The molecule has 0 heterocycles. The van der Waals surface area contributed by atoms with E-state index in [4.69, 9.17) is 14.2 Å². The van der Waals surface area contributed by atoms with Crippen molar-refractivity contribution in [2.24, 2.45) is 0 Å². The van der Waals surface area contributed by atoms with Gasteiger partial charge in [0.25, 0.3) is 0 Å². The monoisotopic (exact) mass is 358 g/mol. The van der Waals surface area contributed by atoms with Crippen LogP contribution >= 0.6 is 0 Å². The average molecular weight is 358 g/mol. The fourth-order valence-corrected chi connectivity index (χ4v) is 2.50. The van der Waals surface area contributed by atoms with E-state index in [-0.39, 0.29) is 11.9 Å². The molecule has 0 aliphatic carbocycles. The third-order valence-corrected chi connectivity index (χ3v) is 3.99. The number of hydrogen-bond acceptors (Lipinski definition) is 5. The summed E-state index contributed by atoms with van der Waals surface area (Å²) in [6.07, 6.45) is 0.344. The van der Waals surface area contributed by atoms with Crippen LogP contribution in [0.4, 0.5) is 5.69 Å². The lowest BCUT2D eigenvalue weighted by Crippen LogP contribution is -2.30. The summed E-state index contributed by atoms with van der Waals surface area (Å²) in [7, 11) is 4.79. The molecule has 6 nitrogen and oxygen atoms in total. The lowest BCUT2D eigenvalue weighted by Gasteiger charge is -2.15. The van der Waals surface area contributed by atoms with Crippen molar-refractivity contribution < 1.29 is 19.0 Å². The fraction of sp³-hybridized carbons (Fsp3) is 0.350. The van der Waals surface area contributed by atoms with Crippen LogP contribution in [-0.4, -0.2) is 33.3 Å². The third-order valence-electron chi connectivity index (χ3n) is 3.99. The lowest BCUT2D eigenvalue weighted by molar-refractivity contribution is -0.116. The second kappa shape index (κ2) is 9.68. The van der Waals surface area contributed by atoms with Gasteiger partial charge in [0.05, 0.1) is 27.0 Å². The van der Waals surface area contributed by atoms with E-state index in [1.54, 1.807) is 39.5 Å². The highest BCUT2D eigenvalue weighted by molar-refractivity contribution is 5.92. The van der Waals surface area contributed by atoms with Crippen molar-refractivity contribution in [2.45, 2.75) is 25.9 Å². The Morgan fingerprint density at radius 2 is 1.62 bits per heavy atom. The van der Waals surface area contributed by atoms with Crippen molar-refractivity contribution in [3.05, 3.63) is 48.0 Å². The molecule has 0 saturated carbocycles. The summed E-state index contributed by atoms with van der Waals surface area (Å²) >= 11 is 0. The Labute approximate surface area is 154 Å². The predicted octanol–water partition coefficient (Wildman–Crippen LogP) is 3.22. The first-order valence-corrected chi connectivity index (χ1v) is 8.44. The van der Waals surface area contributed by atoms with Crippen molar-refractivity contribution >= 4 is 11.6 Å². The van der Waals surface area contributed by atoms with Gasteiger partial charge >= 0.3 is 0 Å². The molecular weight excluding hydrogens is 332 g/mol. The topological polar surface area (TPSA) is 68.8 Å². The van der Waals surface area contributed by atoms with Crippen LogP contribution in [0.15, 0.2) is 42.5 Å². The van der Waals surface area contributed by atoms with Crippen molar-refractivity contribution in [3.8, 4) is 17.2 Å². The number of rotatable bonds is 9. The number of amides is 1. The average Bonchev–Trinajstić information content (AvgIpc) is 2.66. The molecule has 0 aliphatic heterocycles. The maximum Gasteiger partial charge on any atom is 0.226 e. The van der Waals surface area contributed by atoms with Crippen LogP contribution in [0.2, 0.25) is 0 Å². The minimum atomic E-state index is -0.0914. The highest BCUT2D eigenvalue weighted by Crippen LogP contribution is 2.29. The van der Waals surface area contributed by atoms with Gasteiger partial charge in [-0.2, -0.15) is 0 Å². The summed E-state index contributed by atoms with van der Waals surface area (Å²) in [5.74, 6) is 1.99. The van der Waals surface area contributed by atoms with Gasteiger partial charge in [0, 0.05) is 25.1 Å². The summed E-state index contributed by atoms with van der Waals surface area (Å²) in [6.45, 7) is 2.66. The molecule has 2 aromatic rings. The van der Waals surface area contributed by atoms with Gasteiger partial charge in [0.2, 0.25) is 5.91 Å². The first-order valence-electron chi connectivity index (χ1n) is 8.44. The van der Waals surface area contributed by atoms with Gasteiger partial charge in [-0.1, -0.05) is 12.1 Å². The molecule has 0 fully saturated rings. The van der Waals surface area contributed by atoms with E-state index in [9.17, 15) is 4.79 Å². The zero-order chi connectivity index (χ0) is 18.9. The zero-order valence-corrected chi connectivity index (χ0v) is 15.7. The van der Waals surface area contributed by atoms with E-state index in [2.05, 4.69) is 10.6 Å². The minimum Gasteiger partial charge on any atom is -0.497 e. The third kappa shape index (κ3) is 5.67. The summed E-state index contributed by atoms with van der Waals surface area (Å²) in [6, 6.07) is 13.2. The van der Waals surface area contributed by atoms with Crippen LogP contribution in [0.5, 0.6) is 17.2 Å². The molecule has 0 aliphatic rings. The number of benzene rings is 2. The van der Waals surface area contributed by atoms with Crippen LogP contribution in [0.25, 0.3) is 0 Å². The number of hydrogen-bond donors (Lipinski definition) is 2. The largest absolute Gasteiger partial charge is 0.497 e. The van der Waals surface area contributed by atoms with Crippen molar-refractivity contribution in [2.75, 3.05) is 26.6 Å². The van der Waals surface area contributed by atoms with Crippen molar-refractivity contribution in [1.82, 2.24) is 5.32 Å². The van der Waals surface area contributed by atoms with E-state index in [1.165, 1.54) is 0 Å². The minimum absolute atomic E-state index is 0.0219. The molecule has 0 spiro atoms. The molecule has 26 heavy (non-hydrogen) atoms. The van der Waals surface area contributed by atoms with Crippen LogP contribution in [0.1, 0.15) is 18.9 Å². The summed E-state index contributed by atoms with van der Waals surface area (Å²) < 4.78 is 15.6. The van der Waals surface area contributed by atoms with Crippen LogP contribution < -0.4 is 24.8 Å². The quantitative estimate of drug-likeness (QED) is 0.720. The number of anilines is 1. The zero-order valence-electron chi connectivity index (χ0n) is 15.7. The van der Waals surface area contributed by atoms with Gasteiger partial charge in [-0.3, -0.25) is 4.79 Å². The molecule has 0 radical (unpaired) electrons. The molecule has 2 rings (SSSR count). The molecule has 1 unspecified atom stereocenters. The molecule has 0 aromatic heterocycles. The standard InChI is InChI=1S/C20H26N2O4/c1-14(21-13-15-5-7-16(24-2)8-6-15)11-20(23)22-18-12-17(25-3)9-10-19(18)26-4/h5-10,12,14,21H,11,13H2,1-4H3,(H,22,23). The molecule has 1 atom stereocenters. The van der Waals surface area contributed by atoms with E-state index >= 15 is 0 Å². The summed E-state index contributed by atoms with van der Waals surface area (Å²) in [4.78, 5) is 12.3. The van der Waals surface area contributed by atoms with Crippen LogP contribution in [-0.2, 0) is 11.3 Å². The normalized spacial score (nSPS) is 11.5. The first kappa shape index (κ1) is 19.6. The first-order chi connectivity index (χ1) is 12.5. The Hall–Kier alpha value is -2.73. The number of ether oxygens (including phenoxy) is 3. The lowest BCUT2D eigenvalue weighted by atomic mass is 10.1. The van der Waals surface area contributed by atoms with E-state index < -0.39 is 0 Å². The van der Waals surface area contributed by atoms with Crippen LogP contribution in [0, 0.1) is 0 Å². The maximum absolute atomic E-state index is 12.3. The molecule has 2 N–H and O–H groups in total. The number of methoxy groups -OCH3 is 3. The van der Waals surface area contributed by atoms with Crippen molar-refractivity contribution in [1.29, 1.82) is 0 Å². The van der Waals surface area contributed by atoms with Gasteiger partial charge in [0.1, 0.15) is 17.2 Å². The fourth-order valence-electron chi connectivity index (χ4n) is 2.50. The Morgan fingerprint density at radius 3 is 2.23 bits per heavy atom. The second-order valence-electron chi connectivity index (χ2n) is 5.95. The van der Waals surface area contributed by atoms with Gasteiger partial charge in [-0.15, -0.1) is 0 Å². The van der Waals surface area contributed by atoms with Gasteiger partial charge < -0.3 is 24.8 Å². The molecule has 1 amide bonds. The van der Waals surface area contributed by atoms with E-state index in [1.807, 2.05) is 31.2 Å². The Morgan fingerprint density at radius 1 is 0.962 bits per heavy atom. The van der Waals surface area contributed by atoms with E-state index in [0.717, 1.165) is 11.3 Å². The highest BCUT2D eigenvalue weighted by atomic mass is 16.5. The molecular formula is C20H26N2O4. The molecule has 0 saturated heterocycles. The summed E-state index contributed by atoms with van der Waals surface area (Å²) in [5, 5.41) is 6.23. The second-order valence-corrected chi connectivity index (χ2v) is 5.95.